The topological polar surface area (TPSA) is 142 Å². The third kappa shape index (κ3) is 6.22. The number of aromatic nitrogens is 4. The van der Waals surface area contributed by atoms with Crippen LogP contribution < -0.4 is 16.2 Å². The first kappa shape index (κ1) is 29.7. The zero-order valence-corrected chi connectivity index (χ0v) is 22.0. The van der Waals surface area contributed by atoms with Gasteiger partial charge in [-0.05, 0) is 35.7 Å². The van der Waals surface area contributed by atoms with Gasteiger partial charge in [0.1, 0.15) is 17.5 Å². The SMILES string of the molecule is COc1cc(C(c2cc3cc(N)ccc3c(N)n2)c2nc(-c3ccccc3)nn2C)c(F)cc1F.O=C(O)C(F)(F)F. The van der Waals surface area contributed by atoms with Gasteiger partial charge in [-0.1, -0.05) is 30.3 Å². The van der Waals surface area contributed by atoms with Gasteiger partial charge in [-0.15, -0.1) is 0 Å². The first-order chi connectivity index (χ1) is 19.8. The van der Waals surface area contributed by atoms with E-state index in [2.05, 4.69) is 10.1 Å². The normalized spacial score (nSPS) is 12.0. The van der Waals surface area contributed by atoms with E-state index in [1.807, 2.05) is 30.3 Å². The van der Waals surface area contributed by atoms with Crippen molar-refractivity contribution in [1.82, 2.24) is 19.7 Å². The molecule has 0 saturated carbocycles. The molecule has 1 atom stereocenters. The average Bonchev–Trinajstić information content (AvgIpc) is 3.31. The van der Waals surface area contributed by atoms with E-state index < -0.39 is 29.7 Å². The van der Waals surface area contributed by atoms with Crippen molar-refractivity contribution in [1.29, 1.82) is 0 Å². The molecule has 0 saturated heterocycles. The molecule has 0 bridgehead atoms. The number of nitrogens with zero attached hydrogens (tertiary/aromatic N) is 4. The van der Waals surface area contributed by atoms with Crippen LogP contribution in [0.3, 0.4) is 0 Å². The lowest BCUT2D eigenvalue weighted by atomic mass is 9.92. The molecule has 14 heteroatoms. The van der Waals surface area contributed by atoms with Crippen LogP contribution in [0.5, 0.6) is 5.75 Å². The van der Waals surface area contributed by atoms with Crippen LogP contribution in [0, 0.1) is 11.6 Å². The maximum atomic E-state index is 15.3. The molecule has 2 aromatic heterocycles. The van der Waals surface area contributed by atoms with E-state index in [9.17, 15) is 17.6 Å². The zero-order chi connectivity index (χ0) is 30.8. The third-order valence-electron chi connectivity index (χ3n) is 6.11. The lowest BCUT2D eigenvalue weighted by Gasteiger charge is -2.19. The Morgan fingerprint density at radius 2 is 1.64 bits per heavy atom. The van der Waals surface area contributed by atoms with Crippen LogP contribution in [0.2, 0.25) is 0 Å². The highest BCUT2D eigenvalue weighted by molar-refractivity contribution is 5.93. The van der Waals surface area contributed by atoms with Crippen LogP contribution in [-0.2, 0) is 11.8 Å². The molecule has 42 heavy (non-hydrogen) atoms. The highest BCUT2D eigenvalue weighted by Gasteiger charge is 2.38. The molecular formula is C28H23F5N6O3. The highest BCUT2D eigenvalue weighted by Crippen LogP contribution is 2.37. The molecule has 9 nitrogen and oxygen atoms in total. The number of carboxylic acids is 1. The first-order valence-corrected chi connectivity index (χ1v) is 12.0. The Hall–Kier alpha value is -5.27. The monoisotopic (exact) mass is 586 g/mol. The van der Waals surface area contributed by atoms with Crippen molar-refractivity contribution in [3.05, 3.63) is 95.4 Å². The molecule has 0 aliphatic rings. The molecule has 5 rings (SSSR count). The number of hydrogen-bond donors (Lipinski definition) is 3. The number of methoxy groups -OCH3 is 1. The largest absolute Gasteiger partial charge is 0.494 e. The number of benzene rings is 3. The van der Waals surface area contributed by atoms with Crippen molar-refractivity contribution in [2.75, 3.05) is 18.6 Å². The molecule has 218 valence electrons. The van der Waals surface area contributed by atoms with Gasteiger partial charge in [0, 0.05) is 35.3 Å². The Morgan fingerprint density at radius 1 is 0.976 bits per heavy atom. The van der Waals surface area contributed by atoms with Crippen LogP contribution in [0.4, 0.5) is 33.5 Å². The van der Waals surface area contributed by atoms with E-state index in [1.54, 1.807) is 36.0 Å². The van der Waals surface area contributed by atoms with E-state index in [0.717, 1.165) is 17.0 Å². The summed E-state index contributed by atoms with van der Waals surface area (Å²) in [7, 11) is 3.03. The second kappa shape index (κ2) is 11.7. The number of hydrogen-bond acceptors (Lipinski definition) is 7. The molecule has 0 spiro atoms. The Morgan fingerprint density at radius 3 is 2.26 bits per heavy atom. The number of anilines is 2. The van der Waals surface area contributed by atoms with Gasteiger partial charge in [0.25, 0.3) is 0 Å². The van der Waals surface area contributed by atoms with Crippen molar-refractivity contribution in [3.63, 3.8) is 0 Å². The van der Waals surface area contributed by atoms with Gasteiger partial charge in [-0.25, -0.2) is 23.5 Å². The van der Waals surface area contributed by atoms with Crippen LogP contribution in [0.15, 0.2) is 66.7 Å². The molecular weight excluding hydrogens is 563 g/mol. The maximum absolute atomic E-state index is 15.3. The Balaban J connectivity index is 0.000000517. The number of carbonyl (C=O) groups is 1. The molecule has 0 fully saturated rings. The number of aryl methyl sites for hydroxylation is 1. The van der Waals surface area contributed by atoms with Gasteiger partial charge >= 0.3 is 12.1 Å². The fraction of sp³-hybridized carbons (Fsp3) is 0.143. The summed E-state index contributed by atoms with van der Waals surface area (Å²) in [5.41, 5.74) is 14.1. The molecule has 0 aliphatic carbocycles. The highest BCUT2D eigenvalue weighted by atomic mass is 19.4. The van der Waals surface area contributed by atoms with E-state index in [1.165, 1.54) is 13.2 Å². The quantitative estimate of drug-likeness (QED) is 0.186. The fourth-order valence-corrected chi connectivity index (χ4v) is 4.18. The number of ether oxygens (including phenoxy) is 1. The summed E-state index contributed by atoms with van der Waals surface area (Å²) in [5.74, 6) is -4.20. The van der Waals surface area contributed by atoms with Crippen LogP contribution in [-0.4, -0.2) is 44.1 Å². The van der Waals surface area contributed by atoms with Crippen LogP contribution in [0.25, 0.3) is 22.2 Å². The van der Waals surface area contributed by atoms with Crippen molar-refractivity contribution in [2.45, 2.75) is 12.1 Å². The van der Waals surface area contributed by atoms with E-state index in [4.69, 9.17) is 31.1 Å². The fourth-order valence-electron chi connectivity index (χ4n) is 4.18. The summed E-state index contributed by atoms with van der Waals surface area (Å²) in [5, 5.41) is 13.1. The average molecular weight is 587 g/mol. The Labute approximate surface area is 235 Å². The lowest BCUT2D eigenvalue weighted by molar-refractivity contribution is -0.192. The number of aliphatic carboxylic acids is 1. The number of nitrogens with two attached hydrogens (primary N) is 2. The van der Waals surface area contributed by atoms with Crippen molar-refractivity contribution in [2.24, 2.45) is 7.05 Å². The summed E-state index contributed by atoms with van der Waals surface area (Å²) in [6.07, 6.45) is -5.08. The van der Waals surface area contributed by atoms with Gasteiger partial charge in [-0.3, -0.25) is 4.68 Å². The van der Waals surface area contributed by atoms with Crippen molar-refractivity contribution in [3.8, 4) is 17.1 Å². The van der Waals surface area contributed by atoms with Gasteiger partial charge in [0.15, 0.2) is 17.4 Å². The standard InChI is InChI=1S/C26H22F2N6O.C2HF3O2/c1-34-26(32-25(33-34)14-6-4-3-5-7-14)23(18-12-22(35-2)20(28)13-19(18)27)21-11-15-10-16(29)8-9-17(15)24(30)31-21;3-2(4,5)1(6)7/h3-13,23H,29H2,1-2H3,(H2,30,31);(H,6,7). The van der Waals surface area contributed by atoms with Gasteiger partial charge in [0.2, 0.25) is 0 Å². The molecule has 0 amide bonds. The second-order valence-electron chi connectivity index (χ2n) is 8.94. The smallest absolute Gasteiger partial charge is 0.490 e. The van der Waals surface area contributed by atoms with Gasteiger partial charge in [0.05, 0.1) is 18.7 Å². The number of halogens is 5. The predicted octanol–water partition coefficient (Wildman–Crippen LogP) is 5.30. The summed E-state index contributed by atoms with van der Waals surface area (Å²) in [6.45, 7) is 0. The summed E-state index contributed by atoms with van der Waals surface area (Å²) >= 11 is 0. The first-order valence-electron chi connectivity index (χ1n) is 12.0. The number of nitrogen functional groups attached to an aromatic ring is 2. The number of carboxylic acid groups (broad SMARTS) is 1. The lowest BCUT2D eigenvalue weighted by Crippen LogP contribution is -2.21. The Kier molecular flexibility index (Phi) is 8.26. The zero-order valence-electron chi connectivity index (χ0n) is 22.0. The molecule has 2 heterocycles. The minimum atomic E-state index is -5.08. The summed E-state index contributed by atoms with van der Waals surface area (Å²) in [6, 6.07) is 18.6. The van der Waals surface area contributed by atoms with Gasteiger partial charge in [-0.2, -0.15) is 18.3 Å². The van der Waals surface area contributed by atoms with E-state index in [-0.39, 0.29) is 17.1 Å². The molecule has 0 aliphatic heterocycles. The number of pyridine rings is 1. The molecule has 0 radical (unpaired) electrons. The van der Waals surface area contributed by atoms with Crippen molar-refractivity contribution >= 4 is 28.2 Å². The maximum Gasteiger partial charge on any atom is 0.490 e. The predicted molar refractivity (Wildman–Crippen MR) is 145 cm³/mol. The van der Waals surface area contributed by atoms with Crippen LogP contribution in [0.1, 0.15) is 23.0 Å². The number of alkyl halides is 3. The minimum Gasteiger partial charge on any atom is -0.494 e. The minimum absolute atomic E-state index is 0.102. The molecule has 5 N–H and O–H groups in total. The molecule has 3 aromatic carbocycles. The van der Waals surface area contributed by atoms with Crippen LogP contribution >= 0.6 is 0 Å². The third-order valence-corrected chi connectivity index (χ3v) is 6.11. The molecule has 1 unspecified atom stereocenters. The van der Waals surface area contributed by atoms with Gasteiger partial charge < -0.3 is 21.3 Å². The number of fused-ring (bicyclic) bond motifs is 1. The number of rotatable bonds is 5. The Bertz CT molecular complexity index is 1760. The van der Waals surface area contributed by atoms with Crippen molar-refractivity contribution < 1.29 is 36.6 Å². The summed E-state index contributed by atoms with van der Waals surface area (Å²) < 4.78 is 68.0. The van der Waals surface area contributed by atoms with E-state index >= 15 is 4.39 Å². The van der Waals surface area contributed by atoms with E-state index in [0.29, 0.717) is 28.4 Å². The molecule has 5 aromatic rings. The summed E-state index contributed by atoms with van der Waals surface area (Å²) in [4.78, 5) is 18.2. The second-order valence-corrected chi connectivity index (χ2v) is 8.94.